The van der Waals surface area contributed by atoms with Crippen LogP contribution < -0.4 is 0 Å². The van der Waals surface area contributed by atoms with Crippen molar-refractivity contribution in [2.45, 2.75) is 12.8 Å². The van der Waals surface area contributed by atoms with Crippen LogP contribution in [0, 0.1) is 5.92 Å². The molecule has 0 aromatic carbocycles. The molecule has 11 heavy (non-hydrogen) atoms. The summed E-state index contributed by atoms with van der Waals surface area (Å²) in [5, 5.41) is 0.995. The maximum Gasteiger partial charge on any atom is 0.235 e. The van der Waals surface area contributed by atoms with E-state index in [1.807, 2.05) is 0 Å². The van der Waals surface area contributed by atoms with E-state index in [9.17, 15) is 8.42 Å². The van der Waals surface area contributed by atoms with Gasteiger partial charge in [-0.25, -0.2) is 12.7 Å². The van der Waals surface area contributed by atoms with Gasteiger partial charge in [0.2, 0.25) is 10.0 Å². The molecule has 0 aliphatic heterocycles. The Morgan fingerprint density at radius 1 is 1.64 bits per heavy atom. The van der Waals surface area contributed by atoms with E-state index in [4.69, 9.17) is 0 Å². The average Bonchev–Trinajstić information content (AvgIpc) is 2.72. The fraction of sp³-hybridized carbons (Fsp3) is 0.714. The highest BCUT2D eigenvalue weighted by Gasteiger charge is 2.26. The van der Waals surface area contributed by atoms with Crippen LogP contribution in [-0.2, 0) is 10.0 Å². The smallest absolute Gasteiger partial charge is 0.208 e. The van der Waals surface area contributed by atoms with Gasteiger partial charge in [-0.1, -0.05) is 6.58 Å². The molecule has 0 N–H and O–H groups in total. The maximum atomic E-state index is 11.1. The second-order valence-corrected chi connectivity index (χ2v) is 4.92. The Balaban J connectivity index is 2.51. The van der Waals surface area contributed by atoms with Crippen molar-refractivity contribution in [3.05, 3.63) is 12.0 Å². The molecule has 1 saturated carbocycles. The SMILES string of the molecule is C=CS(=O)(=O)N(C)CC1CC1. The van der Waals surface area contributed by atoms with Crippen LogP contribution in [0.4, 0.5) is 0 Å². The molecule has 0 amide bonds. The summed E-state index contributed by atoms with van der Waals surface area (Å²) in [6.45, 7) is 3.90. The van der Waals surface area contributed by atoms with E-state index in [-0.39, 0.29) is 0 Å². The topological polar surface area (TPSA) is 37.4 Å². The standard InChI is InChI=1S/C7H13NO2S/c1-3-11(9,10)8(2)6-7-4-5-7/h3,7H,1,4-6H2,2H3. The van der Waals surface area contributed by atoms with Crippen LogP contribution in [0.3, 0.4) is 0 Å². The van der Waals surface area contributed by atoms with Gasteiger partial charge in [-0.15, -0.1) is 0 Å². The average molecular weight is 175 g/mol. The van der Waals surface area contributed by atoms with Gasteiger partial charge in [0.1, 0.15) is 0 Å². The van der Waals surface area contributed by atoms with Gasteiger partial charge >= 0.3 is 0 Å². The zero-order valence-electron chi connectivity index (χ0n) is 6.66. The zero-order chi connectivity index (χ0) is 8.48. The maximum absolute atomic E-state index is 11.1. The Morgan fingerprint density at radius 2 is 2.18 bits per heavy atom. The second-order valence-electron chi connectivity index (χ2n) is 2.94. The van der Waals surface area contributed by atoms with Gasteiger partial charge in [-0.2, -0.15) is 0 Å². The van der Waals surface area contributed by atoms with Gasteiger partial charge in [0.15, 0.2) is 0 Å². The first-order valence-corrected chi connectivity index (χ1v) is 5.15. The molecule has 0 aromatic heterocycles. The van der Waals surface area contributed by atoms with E-state index in [0.717, 1.165) is 18.2 Å². The molecular formula is C7H13NO2S. The minimum Gasteiger partial charge on any atom is -0.208 e. The van der Waals surface area contributed by atoms with Crippen LogP contribution in [0.2, 0.25) is 0 Å². The lowest BCUT2D eigenvalue weighted by Gasteiger charge is -2.12. The molecule has 1 aliphatic carbocycles. The second kappa shape index (κ2) is 2.95. The molecular weight excluding hydrogens is 162 g/mol. The fourth-order valence-corrected chi connectivity index (χ4v) is 1.57. The fourth-order valence-electron chi connectivity index (χ4n) is 0.895. The summed E-state index contributed by atoms with van der Waals surface area (Å²) in [5.74, 6) is 0.592. The van der Waals surface area contributed by atoms with E-state index < -0.39 is 10.0 Å². The van der Waals surface area contributed by atoms with Crippen molar-refractivity contribution in [1.82, 2.24) is 4.31 Å². The van der Waals surface area contributed by atoms with Crippen molar-refractivity contribution < 1.29 is 8.42 Å². The lowest BCUT2D eigenvalue weighted by atomic mass is 10.4. The third-order valence-corrected chi connectivity index (χ3v) is 3.30. The Morgan fingerprint density at radius 3 is 2.55 bits per heavy atom. The highest BCUT2D eigenvalue weighted by atomic mass is 32.2. The minimum atomic E-state index is -3.16. The third kappa shape index (κ3) is 2.31. The molecule has 1 fully saturated rings. The van der Waals surface area contributed by atoms with E-state index >= 15 is 0 Å². The molecule has 4 heteroatoms. The molecule has 0 heterocycles. The molecule has 0 bridgehead atoms. The molecule has 64 valence electrons. The van der Waals surface area contributed by atoms with Crippen molar-refractivity contribution >= 4 is 10.0 Å². The minimum absolute atomic E-state index is 0.592. The van der Waals surface area contributed by atoms with Crippen LogP contribution in [0.1, 0.15) is 12.8 Å². The highest BCUT2D eigenvalue weighted by Crippen LogP contribution is 2.29. The van der Waals surface area contributed by atoms with Crippen LogP contribution in [0.15, 0.2) is 12.0 Å². The summed E-state index contributed by atoms with van der Waals surface area (Å²) >= 11 is 0. The predicted molar refractivity (Wildman–Crippen MR) is 44.5 cm³/mol. The Kier molecular flexibility index (Phi) is 2.34. The van der Waals surface area contributed by atoms with E-state index in [0.29, 0.717) is 12.5 Å². The molecule has 1 aliphatic rings. The monoisotopic (exact) mass is 175 g/mol. The summed E-state index contributed by atoms with van der Waals surface area (Å²) in [5.41, 5.74) is 0. The number of nitrogens with zero attached hydrogens (tertiary/aromatic N) is 1. The van der Waals surface area contributed by atoms with Gasteiger partial charge in [0, 0.05) is 19.0 Å². The summed E-state index contributed by atoms with van der Waals surface area (Å²) in [6, 6.07) is 0. The van der Waals surface area contributed by atoms with Crippen LogP contribution in [-0.4, -0.2) is 26.3 Å². The predicted octanol–water partition coefficient (Wildman–Crippen LogP) is 0.802. The Hall–Kier alpha value is -0.350. The van der Waals surface area contributed by atoms with Crippen LogP contribution in [0.5, 0.6) is 0 Å². The highest BCUT2D eigenvalue weighted by molar-refractivity contribution is 7.91. The molecule has 1 rings (SSSR count). The first-order valence-electron chi connectivity index (χ1n) is 3.65. The lowest BCUT2D eigenvalue weighted by molar-refractivity contribution is 0.460. The number of hydrogen-bond donors (Lipinski definition) is 0. The lowest BCUT2D eigenvalue weighted by Crippen LogP contribution is -2.26. The number of rotatable bonds is 4. The van der Waals surface area contributed by atoms with Crippen LogP contribution >= 0.6 is 0 Å². The molecule has 0 radical (unpaired) electrons. The van der Waals surface area contributed by atoms with E-state index in [1.54, 1.807) is 7.05 Å². The normalized spacial score (nSPS) is 18.7. The van der Waals surface area contributed by atoms with Gasteiger partial charge in [-0.3, -0.25) is 0 Å². The number of sulfonamides is 1. The molecule has 0 unspecified atom stereocenters. The molecule has 0 aromatic rings. The summed E-state index contributed by atoms with van der Waals surface area (Å²) in [7, 11) is -1.56. The third-order valence-electron chi connectivity index (χ3n) is 1.86. The molecule has 3 nitrogen and oxygen atoms in total. The number of hydrogen-bond acceptors (Lipinski definition) is 2. The van der Waals surface area contributed by atoms with Crippen molar-refractivity contribution in [2.24, 2.45) is 5.92 Å². The summed E-state index contributed by atoms with van der Waals surface area (Å²) in [6.07, 6.45) is 2.33. The van der Waals surface area contributed by atoms with Gasteiger partial charge in [0.05, 0.1) is 0 Å². The quantitative estimate of drug-likeness (QED) is 0.634. The summed E-state index contributed by atoms with van der Waals surface area (Å²) in [4.78, 5) is 0. The van der Waals surface area contributed by atoms with Crippen molar-refractivity contribution in [3.8, 4) is 0 Å². The van der Waals surface area contributed by atoms with E-state index in [2.05, 4.69) is 6.58 Å². The molecule has 0 spiro atoms. The first kappa shape index (κ1) is 8.74. The zero-order valence-corrected chi connectivity index (χ0v) is 7.47. The van der Waals surface area contributed by atoms with Gasteiger partial charge in [-0.05, 0) is 18.8 Å². The Bertz CT molecular complexity index is 241. The Labute approximate surface area is 67.8 Å². The van der Waals surface area contributed by atoms with Crippen molar-refractivity contribution in [1.29, 1.82) is 0 Å². The molecule has 0 saturated heterocycles. The van der Waals surface area contributed by atoms with Gasteiger partial charge < -0.3 is 0 Å². The summed E-state index contributed by atoms with van der Waals surface area (Å²) < 4.78 is 23.5. The van der Waals surface area contributed by atoms with Gasteiger partial charge in [0.25, 0.3) is 0 Å². The molecule has 0 atom stereocenters. The first-order chi connectivity index (χ1) is 5.06. The van der Waals surface area contributed by atoms with Crippen molar-refractivity contribution in [2.75, 3.05) is 13.6 Å². The van der Waals surface area contributed by atoms with E-state index in [1.165, 1.54) is 4.31 Å². The largest absolute Gasteiger partial charge is 0.235 e. The van der Waals surface area contributed by atoms with Crippen molar-refractivity contribution in [3.63, 3.8) is 0 Å². The van der Waals surface area contributed by atoms with Crippen LogP contribution in [0.25, 0.3) is 0 Å².